The Morgan fingerprint density at radius 1 is 1.05 bits per heavy atom. The number of nitrogens with one attached hydrogen (secondary N) is 1. The number of amides is 1. The quantitative estimate of drug-likeness (QED) is 0.845. The van der Waals surface area contributed by atoms with Crippen molar-refractivity contribution in [1.82, 2.24) is 0 Å². The molecule has 0 bridgehead atoms. The summed E-state index contributed by atoms with van der Waals surface area (Å²) in [5, 5.41) is 2.72. The van der Waals surface area contributed by atoms with E-state index in [1.54, 1.807) is 12.1 Å². The number of ketones is 1. The minimum Gasteiger partial charge on any atom is -0.326 e. The van der Waals surface area contributed by atoms with E-state index in [9.17, 15) is 9.59 Å². The van der Waals surface area contributed by atoms with E-state index in [1.165, 1.54) is 32.6 Å². The lowest BCUT2D eigenvalue weighted by atomic mass is 10.0. The lowest BCUT2D eigenvalue weighted by Crippen LogP contribution is -2.07. The van der Waals surface area contributed by atoms with Crippen LogP contribution in [0.25, 0.3) is 0 Å². The summed E-state index contributed by atoms with van der Waals surface area (Å²) in [6, 6.07) is 7.28. The highest BCUT2D eigenvalue weighted by Gasteiger charge is 2.54. The first-order chi connectivity index (χ1) is 9.16. The van der Waals surface area contributed by atoms with Gasteiger partial charge in [0.1, 0.15) is 0 Å². The Morgan fingerprint density at radius 2 is 1.63 bits per heavy atom. The van der Waals surface area contributed by atoms with Gasteiger partial charge in [-0.1, -0.05) is 12.8 Å². The highest BCUT2D eigenvalue weighted by molar-refractivity contribution is 6.00. The molecule has 2 atom stereocenters. The Balaban J connectivity index is 1.69. The Kier molecular flexibility index (Phi) is 3.13. The molecule has 2 fully saturated rings. The van der Waals surface area contributed by atoms with Gasteiger partial charge in [0.15, 0.2) is 5.78 Å². The minimum atomic E-state index is -0.0905. The summed E-state index contributed by atoms with van der Waals surface area (Å²) in [6.07, 6.45) is 5.02. The van der Waals surface area contributed by atoms with Crippen LogP contribution in [-0.2, 0) is 4.79 Å². The first-order valence-electron chi connectivity index (χ1n) is 7.08. The molecule has 1 amide bonds. The van der Waals surface area contributed by atoms with Gasteiger partial charge in [0, 0.05) is 24.1 Å². The molecular formula is C16H19NO2. The molecule has 3 heteroatoms. The molecule has 1 aromatic carbocycles. The van der Waals surface area contributed by atoms with Gasteiger partial charge in [0.2, 0.25) is 5.91 Å². The van der Waals surface area contributed by atoms with E-state index < -0.39 is 0 Å². The first-order valence-corrected chi connectivity index (χ1v) is 7.08. The van der Waals surface area contributed by atoms with Gasteiger partial charge in [-0.25, -0.2) is 0 Å². The maximum atomic E-state index is 12.4. The zero-order valence-corrected chi connectivity index (χ0v) is 11.2. The number of hydrogen-bond donors (Lipinski definition) is 1. The molecule has 0 spiro atoms. The maximum absolute atomic E-state index is 12.4. The number of fused-ring (bicyclic) bond motifs is 1. The topological polar surface area (TPSA) is 46.2 Å². The van der Waals surface area contributed by atoms with E-state index in [2.05, 4.69) is 5.32 Å². The van der Waals surface area contributed by atoms with Crippen molar-refractivity contribution in [3.63, 3.8) is 0 Å². The molecule has 0 aromatic heterocycles. The number of benzene rings is 1. The fourth-order valence-corrected chi connectivity index (χ4v) is 3.49. The fraction of sp³-hybridized carbons (Fsp3) is 0.500. The smallest absolute Gasteiger partial charge is 0.221 e. The van der Waals surface area contributed by atoms with Gasteiger partial charge < -0.3 is 5.32 Å². The lowest BCUT2D eigenvalue weighted by Gasteiger charge is -2.04. The van der Waals surface area contributed by atoms with Crippen molar-refractivity contribution in [2.24, 2.45) is 17.8 Å². The van der Waals surface area contributed by atoms with Crippen LogP contribution in [0.1, 0.15) is 43.0 Å². The van der Waals surface area contributed by atoms with E-state index >= 15 is 0 Å². The second-order valence-corrected chi connectivity index (χ2v) is 5.76. The fourth-order valence-electron chi connectivity index (χ4n) is 3.49. The largest absolute Gasteiger partial charge is 0.326 e. The van der Waals surface area contributed by atoms with Gasteiger partial charge in [-0.15, -0.1) is 0 Å². The SMILES string of the molecule is CC(=O)Nc1ccc(C(=O)C2C3CCCCC32)cc1. The van der Waals surface area contributed by atoms with Crippen molar-refractivity contribution >= 4 is 17.4 Å². The summed E-state index contributed by atoms with van der Waals surface area (Å²) in [6.45, 7) is 1.48. The monoisotopic (exact) mass is 257 g/mol. The van der Waals surface area contributed by atoms with Crippen molar-refractivity contribution in [3.8, 4) is 0 Å². The van der Waals surface area contributed by atoms with Crippen LogP contribution >= 0.6 is 0 Å². The summed E-state index contributed by atoms with van der Waals surface area (Å²) in [7, 11) is 0. The number of hydrogen-bond acceptors (Lipinski definition) is 2. The third-order valence-electron chi connectivity index (χ3n) is 4.45. The van der Waals surface area contributed by atoms with Crippen molar-refractivity contribution in [1.29, 1.82) is 0 Å². The Bertz CT molecular complexity index is 494. The summed E-state index contributed by atoms with van der Waals surface area (Å²) in [4.78, 5) is 23.4. The van der Waals surface area contributed by atoms with E-state index in [0.717, 1.165) is 11.3 Å². The molecule has 3 nitrogen and oxygen atoms in total. The average Bonchev–Trinajstić information content (AvgIpc) is 3.12. The van der Waals surface area contributed by atoms with Crippen LogP contribution in [0.3, 0.4) is 0 Å². The first kappa shape index (κ1) is 12.4. The van der Waals surface area contributed by atoms with E-state index in [0.29, 0.717) is 17.6 Å². The van der Waals surface area contributed by atoms with Gasteiger partial charge in [0.25, 0.3) is 0 Å². The Morgan fingerprint density at radius 3 is 2.16 bits per heavy atom. The highest BCUT2D eigenvalue weighted by atomic mass is 16.1. The normalized spacial score (nSPS) is 28.4. The molecule has 19 heavy (non-hydrogen) atoms. The second-order valence-electron chi connectivity index (χ2n) is 5.76. The molecule has 100 valence electrons. The van der Waals surface area contributed by atoms with E-state index in [4.69, 9.17) is 0 Å². The Labute approximate surface area is 113 Å². The summed E-state index contributed by atoms with van der Waals surface area (Å²) in [5.74, 6) is 1.78. The predicted molar refractivity (Wildman–Crippen MR) is 74.0 cm³/mol. The molecule has 2 unspecified atom stereocenters. The molecule has 2 aliphatic carbocycles. The number of carbonyl (C=O) groups excluding carboxylic acids is 2. The van der Waals surface area contributed by atoms with Crippen LogP contribution < -0.4 is 5.32 Å². The maximum Gasteiger partial charge on any atom is 0.221 e. The molecular weight excluding hydrogens is 238 g/mol. The Hall–Kier alpha value is -1.64. The van der Waals surface area contributed by atoms with Crippen molar-refractivity contribution in [2.45, 2.75) is 32.6 Å². The van der Waals surface area contributed by atoms with Gasteiger partial charge in [-0.2, -0.15) is 0 Å². The number of rotatable bonds is 3. The molecule has 3 rings (SSSR count). The van der Waals surface area contributed by atoms with Crippen LogP contribution in [0.4, 0.5) is 5.69 Å². The van der Waals surface area contributed by atoms with Crippen molar-refractivity contribution in [2.75, 3.05) is 5.32 Å². The standard InChI is InChI=1S/C16H19NO2/c1-10(18)17-12-8-6-11(7-9-12)16(19)15-13-4-2-3-5-14(13)15/h6-9,13-15H,2-5H2,1H3,(H,17,18). The molecule has 0 saturated heterocycles. The minimum absolute atomic E-state index is 0.0905. The molecule has 2 saturated carbocycles. The van der Waals surface area contributed by atoms with Crippen LogP contribution in [0.2, 0.25) is 0 Å². The summed E-state index contributed by atoms with van der Waals surface area (Å²) in [5.41, 5.74) is 1.53. The van der Waals surface area contributed by atoms with Gasteiger partial charge in [0.05, 0.1) is 0 Å². The lowest BCUT2D eigenvalue weighted by molar-refractivity contribution is -0.114. The van der Waals surface area contributed by atoms with Gasteiger partial charge in [-0.05, 0) is 48.9 Å². The third-order valence-corrected chi connectivity index (χ3v) is 4.45. The predicted octanol–water partition coefficient (Wildman–Crippen LogP) is 3.26. The van der Waals surface area contributed by atoms with Gasteiger partial charge in [-0.3, -0.25) is 9.59 Å². The van der Waals surface area contributed by atoms with E-state index in [1.807, 2.05) is 12.1 Å². The number of carbonyl (C=O) groups is 2. The average molecular weight is 257 g/mol. The second kappa shape index (κ2) is 4.80. The molecule has 0 heterocycles. The number of Topliss-reactive ketones (excluding diaryl/α,β-unsaturated/α-hetero) is 1. The molecule has 2 aliphatic rings. The highest BCUT2D eigenvalue weighted by Crippen LogP contribution is 2.56. The zero-order chi connectivity index (χ0) is 13.4. The summed E-state index contributed by atoms with van der Waals surface area (Å²) >= 11 is 0. The zero-order valence-electron chi connectivity index (χ0n) is 11.2. The third kappa shape index (κ3) is 2.42. The van der Waals surface area contributed by atoms with Crippen molar-refractivity contribution in [3.05, 3.63) is 29.8 Å². The van der Waals surface area contributed by atoms with E-state index in [-0.39, 0.29) is 11.8 Å². The summed E-state index contributed by atoms with van der Waals surface area (Å²) < 4.78 is 0. The van der Waals surface area contributed by atoms with Crippen LogP contribution in [-0.4, -0.2) is 11.7 Å². The molecule has 0 aliphatic heterocycles. The van der Waals surface area contributed by atoms with Crippen molar-refractivity contribution < 1.29 is 9.59 Å². The molecule has 0 radical (unpaired) electrons. The number of anilines is 1. The molecule has 1 aromatic rings. The molecule has 1 N–H and O–H groups in total. The van der Waals surface area contributed by atoms with Crippen LogP contribution in [0, 0.1) is 17.8 Å². The van der Waals surface area contributed by atoms with Crippen LogP contribution in [0.5, 0.6) is 0 Å². The van der Waals surface area contributed by atoms with Crippen LogP contribution in [0.15, 0.2) is 24.3 Å². The van der Waals surface area contributed by atoms with Gasteiger partial charge >= 0.3 is 0 Å².